The minimum absolute atomic E-state index is 0.0625. The van der Waals surface area contributed by atoms with Crippen LogP contribution in [0.5, 0.6) is 0 Å². The zero-order valence-electron chi connectivity index (χ0n) is 15.6. The SMILES string of the molecule is C1CCOC1.CC(C)(C)[Si](C(C)(C)C)C(C)(C)C.[Br][Ga][Br]. The topological polar surface area (TPSA) is 9.23 Å². The van der Waals surface area contributed by atoms with Gasteiger partial charge in [-0.25, -0.2) is 0 Å². The van der Waals surface area contributed by atoms with Crippen molar-refractivity contribution >= 4 is 49.4 Å². The monoisotopic (exact) mass is 498 g/mol. The summed E-state index contributed by atoms with van der Waals surface area (Å²) in [7, 11) is -0.391. The first-order valence-corrected chi connectivity index (χ1v) is 20.6. The van der Waals surface area contributed by atoms with E-state index in [2.05, 4.69) is 89.4 Å². The van der Waals surface area contributed by atoms with Crippen LogP contribution in [0.2, 0.25) is 15.1 Å². The maximum absolute atomic E-state index is 4.94. The van der Waals surface area contributed by atoms with Gasteiger partial charge in [0.2, 0.25) is 0 Å². The van der Waals surface area contributed by atoms with E-state index in [4.69, 9.17) is 4.74 Å². The molecule has 1 fully saturated rings. The minimum atomic E-state index is -0.391. The molecular formula is C16H35Br2GaOSi. The van der Waals surface area contributed by atoms with Crippen molar-refractivity contribution in [2.45, 2.75) is 90.3 Å². The number of ether oxygens (including phenoxy) is 1. The number of halogens is 2. The van der Waals surface area contributed by atoms with Gasteiger partial charge < -0.3 is 4.74 Å². The number of rotatable bonds is 0. The molecule has 0 aromatic heterocycles. The predicted octanol–water partition coefficient (Wildman–Crippen LogP) is 6.99. The van der Waals surface area contributed by atoms with Gasteiger partial charge >= 0.3 is 40.6 Å². The van der Waals surface area contributed by atoms with Crippen LogP contribution in [-0.2, 0) is 4.74 Å². The summed E-state index contributed by atoms with van der Waals surface area (Å²) in [6, 6.07) is 0. The summed E-state index contributed by atoms with van der Waals surface area (Å²) >= 11 is 6.38. The van der Waals surface area contributed by atoms with Crippen molar-refractivity contribution in [2.24, 2.45) is 0 Å². The molecule has 1 rings (SSSR count). The second kappa shape index (κ2) is 11.3. The molecule has 5 heteroatoms. The van der Waals surface area contributed by atoms with Crippen molar-refractivity contribution in [2.75, 3.05) is 13.2 Å². The summed E-state index contributed by atoms with van der Waals surface area (Å²) in [5, 5.41) is 1.46. The molecule has 1 saturated heterocycles. The van der Waals surface area contributed by atoms with Crippen LogP contribution in [0.3, 0.4) is 0 Å². The van der Waals surface area contributed by atoms with Gasteiger partial charge in [-0.05, 0) is 28.0 Å². The summed E-state index contributed by atoms with van der Waals surface area (Å²) < 4.78 is 4.94. The van der Waals surface area contributed by atoms with Crippen LogP contribution in [0, 0.1) is 0 Å². The molecule has 1 aliphatic heterocycles. The molecule has 0 aliphatic carbocycles. The molecule has 0 unspecified atom stereocenters. The Kier molecular flexibility index (Phi) is 13.5. The zero-order chi connectivity index (χ0) is 17.3. The van der Waals surface area contributed by atoms with E-state index in [9.17, 15) is 0 Å². The van der Waals surface area contributed by atoms with Crippen molar-refractivity contribution < 1.29 is 4.74 Å². The summed E-state index contributed by atoms with van der Waals surface area (Å²) in [5.74, 6) is 0. The third-order valence-electron chi connectivity index (χ3n) is 3.08. The van der Waals surface area contributed by atoms with Gasteiger partial charge in [-0.1, -0.05) is 62.3 Å². The van der Waals surface area contributed by atoms with Crippen LogP contribution in [0.25, 0.3) is 0 Å². The van der Waals surface area contributed by atoms with Gasteiger partial charge in [-0.3, -0.25) is 0 Å². The fourth-order valence-corrected chi connectivity index (χ4v) is 10.6. The van der Waals surface area contributed by atoms with Crippen molar-refractivity contribution in [3.05, 3.63) is 0 Å². The van der Waals surface area contributed by atoms with E-state index >= 15 is 0 Å². The standard InChI is InChI=1S/C12H27Si.C4H8O.2BrH.Ga/c1-10(2,3)13(11(4,5)6)12(7,8)9;1-2-4-5-3-1;;;/h1-9H3;1-4H2;2*1H;/q;;;;+2/p-2. The van der Waals surface area contributed by atoms with Gasteiger partial charge in [0.25, 0.3) is 0 Å². The number of hydrogen-bond donors (Lipinski definition) is 0. The third-order valence-corrected chi connectivity index (χ3v) is 7.58. The molecule has 0 spiro atoms. The molecule has 0 bridgehead atoms. The third kappa shape index (κ3) is 13.9. The van der Waals surface area contributed by atoms with Crippen molar-refractivity contribution in [1.29, 1.82) is 0 Å². The van der Waals surface area contributed by atoms with Gasteiger partial charge in [-0.2, -0.15) is 0 Å². The Morgan fingerprint density at radius 1 is 0.714 bits per heavy atom. The van der Waals surface area contributed by atoms with Gasteiger partial charge in [0.05, 0.1) is 8.80 Å². The molecule has 0 saturated carbocycles. The van der Waals surface area contributed by atoms with Crippen LogP contribution in [0.1, 0.15) is 75.2 Å². The average Bonchev–Trinajstić information content (AvgIpc) is 2.66. The van der Waals surface area contributed by atoms with Crippen molar-refractivity contribution in [3.63, 3.8) is 0 Å². The Bertz CT molecular complexity index is 210. The van der Waals surface area contributed by atoms with E-state index in [0.717, 1.165) is 13.2 Å². The molecule has 1 heterocycles. The van der Waals surface area contributed by atoms with Gasteiger partial charge in [0.15, 0.2) is 0 Å². The molecule has 1 nitrogen and oxygen atoms in total. The zero-order valence-corrected chi connectivity index (χ0v) is 22.2. The molecule has 126 valence electrons. The van der Waals surface area contributed by atoms with E-state index in [0.29, 0.717) is 15.1 Å². The number of hydrogen-bond acceptors (Lipinski definition) is 1. The molecule has 21 heavy (non-hydrogen) atoms. The molecule has 0 atom stereocenters. The Morgan fingerprint density at radius 2 is 0.952 bits per heavy atom. The summed E-state index contributed by atoms with van der Waals surface area (Å²) in [6.07, 6.45) is 2.56. The molecule has 0 aromatic rings. The molecule has 0 amide bonds. The average molecular weight is 501 g/mol. The van der Waals surface area contributed by atoms with Crippen LogP contribution in [-0.4, -0.2) is 35.5 Å². The van der Waals surface area contributed by atoms with Crippen LogP contribution in [0.4, 0.5) is 0 Å². The second-order valence-corrected chi connectivity index (χ2v) is 25.3. The Balaban J connectivity index is 0. The Hall–Kier alpha value is 1.77. The molecule has 0 aromatic carbocycles. The van der Waals surface area contributed by atoms with Gasteiger partial charge in [-0.15, -0.1) is 0 Å². The fraction of sp³-hybridized carbons (Fsp3) is 1.00. The Morgan fingerprint density at radius 3 is 1.00 bits per heavy atom. The van der Waals surface area contributed by atoms with E-state index in [1.807, 2.05) is 0 Å². The molecule has 1 aliphatic rings. The summed E-state index contributed by atoms with van der Waals surface area (Å²) in [5.41, 5.74) is 0. The van der Waals surface area contributed by atoms with Crippen molar-refractivity contribution in [3.8, 4) is 0 Å². The van der Waals surface area contributed by atoms with E-state index in [1.54, 1.807) is 0 Å². The van der Waals surface area contributed by atoms with Gasteiger partial charge in [0, 0.05) is 13.2 Å². The first-order valence-electron chi connectivity index (χ1n) is 7.76. The van der Waals surface area contributed by atoms with E-state index in [-0.39, 0.29) is 13.5 Å². The maximum atomic E-state index is 4.94. The van der Waals surface area contributed by atoms with E-state index in [1.165, 1.54) is 12.8 Å². The van der Waals surface area contributed by atoms with Crippen molar-refractivity contribution in [1.82, 2.24) is 0 Å². The summed E-state index contributed by atoms with van der Waals surface area (Å²) in [4.78, 5) is 0. The quantitative estimate of drug-likeness (QED) is 0.326. The van der Waals surface area contributed by atoms with Crippen LogP contribution >= 0.6 is 27.1 Å². The van der Waals surface area contributed by atoms with Gasteiger partial charge in [0.1, 0.15) is 0 Å². The fourth-order valence-electron chi connectivity index (χ4n) is 3.89. The van der Waals surface area contributed by atoms with E-state index < -0.39 is 8.80 Å². The van der Waals surface area contributed by atoms with Crippen LogP contribution < -0.4 is 0 Å². The first-order chi connectivity index (χ1) is 9.28. The first kappa shape index (κ1) is 25.0. The molecular weight excluding hydrogens is 466 g/mol. The van der Waals surface area contributed by atoms with Crippen LogP contribution in [0.15, 0.2) is 0 Å². The predicted molar refractivity (Wildman–Crippen MR) is 109 cm³/mol. The normalized spacial score (nSPS) is 15.8. The second-order valence-electron chi connectivity index (χ2n) is 8.53. The Labute approximate surface area is 156 Å². The molecule has 2 radical (unpaired) electrons. The molecule has 0 N–H and O–H groups in total. The summed E-state index contributed by atoms with van der Waals surface area (Å²) in [6.45, 7) is 23.6.